The lowest BCUT2D eigenvalue weighted by Gasteiger charge is -2.18. The van der Waals surface area contributed by atoms with E-state index in [0.29, 0.717) is 5.56 Å². The quantitative estimate of drug-likeness (QED) is 0.761. The zero-order valence-corrected chi connectivity index (χ0v) is 10.8. The van der Waals surface area contributed by atoms with E-state index in [1.165, 1.54) is 6.07 Å². The Morgan fingerprint density at radius 3 is 2.47 bits per heavy atom. The third-order valence-electron chi connectivity index (χ3n) is 2.62. The number of rotatable bonds is 5. The van der Waals surface area contributed by atoms with E-state index in [-0.39, 0.29) is 12.5 Å². The second kappa shape index (κ2) is 6.72. The Morgan fingerprint density at radius 1 is 1.32 bits per heavy atom. The van der Waals surface area contributed by atoms with E-state index in [4.69, 9.17) is 5.11 Å². The van der Waals surface area contributed by atoms with Gasteiger partial charge in [-0.2, -0.15) is 0 Å². The number of carbonyl (C=O) groups is 2. The Bertz CT molecular complexity index is 463. The molecule has 0 fully saturated rings. The molecule has 0 aliphatic carbocycles. The van der Waals surface area contributed by atoms with Crippen molar-refractivity contribution in [3.63, 3.8) is 0 Å². The minimum Gasteiger partial charge on any atom is -0.480 e. The summed E-state index contributed by atoms with van der Waals surface area (Å²) < 4.78 is 13.3. The first-order chi connectivity index (χ1) is 8.91. The van der Waals surface area contributed by atoms with Gasteiger partial charge >= 0.3 is 12.0 Å². The minimum atomic E-state index is -1.10. The molecule has 0 aliphatic rings. The summed E-state index contributed by atoms with van der Waals surface area (Å²) in [6, 6.07) is 4.45. The molecule has 3 N–H and O–H groups in total. The van der Waals surface area contributed by atoms with Crippen molar-refractivity contribution in [1.82, 2.24) is 10.6 Å². The number of benzene rings is 1. The van der Waals surface area contributed by atoms with Gasteiger partial charge in [-0.15, -0.1) is 0 Å². The average molecular weight is 268 g/mol. The fraction of sp³-hybridized carbons (Fsp3) is 0.385. The van der Waals surface area contributed by atoms with Crippen molar-refractivity contribution in [2.24, 2.45) is 5.92 Å². The summed E-state index contributed by atoms with van der Waals surface area (Å²) in [4.78, 5) is 22.4. The van der Waals surface area contributed by atoms with Crippen LogP contribution in [0.2, 0.25) is 0 Å². The molecule has 0 saturated carbocycles. The molecule has 6 heteroatoms. The lowest BCUT2D eigenvalue weighted by atomic mass is 10.1. The monoisotopic (exact) mass is 268 g/mol. The van der Waals surface area contributed by atoms with E-state index < -0.39 is 23.9 Å². The number of urea groups is 1. The lowest BCUT2D eigenvalue weighted by Crippen LogP contribution is -2.48. The maximum absolute atomic E-state index is 13.3. The highest BCUT2D eigenvalue weighted by Crippen LogP contribution is 2.05. The summed E-state index contributed by atoms with van der Waals surface area (Å²) in [6.07, 6.45) is 0. The Kier molecular flexibility index (Phi) is 5.29. The number of carboxylic acids is 1. The van der Waals surface area contributed by atoms with E-state index in [2.05, 4.69) is 10.6 Å². The van der Waals surface area contributed by atoms with Crippen molar-refractivity contribution in [2.45, 2.75) is 26.4 Å². The van der Waals surface area contributed by atoms with E-state index in [1.807, 2.05) is 0 Å². The molecule has 1 aromatic carbocycles. The molecule has 0 heterocycles. The van der Waals surface area contributed by atoms with Crippen LogP contribution in [0.15, 0.2) is 24.3 Å². The molecule has 1 atom stereocenters. The zero-order chi connectivity index (χ0) is 14.4. The van der Waals surface area contributed by atoms with Gasteiger partial charge in [0, 0.05) is 12.1 Å². The molecule has 0 spiro atoms. The second-order valence-electron chi connectivity index (χ2n) is 4.48. The van der Waals surface area contributed by atoms with E-state index >= 15 is 0 Å². The second-order valence-corrected chi connectivity index (χ2v) is 4.48. The first kappa shape index (κ1) is 14.9. The van der Waals surface area contributed by atoms with Crippen LogP contribution >= 0.6 is 0 Å². The van der Waals surface area contributed by atoms with E-state index in [0.717, 1.165) is 0 Å². The highest BCUT2D eigenvalue weighted by molar-refractivity contribution is 5.82. The largest absolute Gasteiger partial charge is 0.480 e. The van der Waals surface area contributed by atoms with Crippen LogP contribution in [-0.2, 0) is 11.3 Å². The number of nitrogens with one attached hydrogen (secondary N) is 2. The maximum Gasteiger partial charge on any atom is 0.326 e. The zero-order valence-electron chi connectivity index (χ0n) is 10.8. The molecular formula is C13H17FN2O3. The van der Waals surface area contributed by atoms with Crippen LogP contribution < -0.4 is 10.6 Å². The van der Waals surface area contributed by atoms with Gasteiger partial charge in [-0.3, -0.25) is 0 Å². The molecule has 0 aromatic heterocycles. The molecule has 104 valence electrons. The summed E-state index contributed by atoms with van der Waals surface area (Å²) >= 11 is 0. The van der Waals surface area contributed by atoms with Gasteiger partial charge in [0.05, 0.1) is 0 Å². The number of halogens is 1. The highest BCUT2D eigenvalue weighted by Gasteiger charge is 2.23. The van der Waals surface area contributed by atoms with Crippen LogP contribution in [0.4, 0.5) is 9.18 Å². The third-order valence-corrected chi connectivity index (χ3v) is 2.62. The van der Waals surface area contributed by atoms with Crippen LogP contribution in [0.3, 0.4) is 0 Å². The van der Waals surface area contributed by atoms with Crippen molar-refractivity contribution in [3.05, 3.63) is 35.6 Å². The predicted octanol–water partition coefficient (Wildman–Crippen LogP) is 1.73. The first-order valence-electron chi connectivity index (χ1n) is 5.92. The topological polar surface area (TPSA) is 78.4 Å². The number of carbonyl (C=O) groups excluding carboxylic acids is 1. The molecule has 0 saturated heterocycles. The summed E-state index contributed by atoms with van der Waals surface area (Å²) in [5.74, 6) is -1.76. The lowest BCUT2D eigenvalue weighted by molar-refractivity contribution is -0.140. The minimum absolute atomic E-state index is 0.00292. The van der Waals surface area contributed by atoms with Gasteiger partial charge in [0.1, 0.15) is 11.9 Å². The van der Waals surface area contributed by atoms with Crippen molar-refractivity contribution < 1.29 is 19.1 Å². The summed E-state index contributed by atoms with van der Waals surface area (Å²) in [6.45, 7) is 3.38. The van der Waals surface area contributed by atoms with E-state index in [9.17, 15) is 14.0 Å². The molecule has 0 bridgehead atoms. The fourth-order valence-corrected chi connectivity index (χ4v) is 1.52. The molecule has 0 aliphatic heterocycles. The van der Waals surface area contributed by atoms with Gasteiger partial charge < -0.3 is 15.7 Å². The number of amides is 2. The van der Waals surface area contributed by atoms with Crippen molar-refractivity contribution in [2.75, 3.05) is 0 Å². The van der Waals surface area contributed by atoms with E-state index in [1.54, 1.807) is 32.0 Å². The van der Waals surface area contributed by atoms with Gasteiger partial charge in [-0.05, 0) is 12.0 Å². The molecule has 1 aromatic rings. The Balaban J connectivity index is 2.52. The van der Waals surface area contributed by atoms with Gasteiger partial charge in [-0.25, -0.2) is 14.0 Å². The fourth-order valence-electron chi connectivity index (χ4n) is 1.52. The Labute approximate surface area is 110 Å². The van der Waals surface area contributed by atoms with Crippen LogP contribution in [0, 0.1) is 11.7 Å². The number of hydrogen-bond donors (Lipinski definition) is 3. The summed E-state index contributed by atoms with van der Waals surface area (Å²) in [5, 5.41) is 13.7. The van der Waals surface area contributed by atoms with Crippen LogP contribution in [0.1, 0.15) is 19.4 Å². The van der Waals surface area contributed by atoms with Gasteiger partial charge in [-0.1, -0.05) is 32.0 Å². The first-order valence-corrected chi connectivity index (χ1v) is 5.92. The van der Waals surface area contributed by atoms with Gasteiger partial charge in [0.15, 0.2) is 0 Å². The number of hydrogen-bond acceptors (Lipinski definition) is 2. The molecule has 1 rings (SSSR count). The smallest absolute Gasteiger partial charge is 0.326 e. The van der Waals surface area contributed by atoms with Crippen LogP contribution in [-0.4, -0.2) is 23.1 Å². The molecule has 2 amide bonds. The summed E-state index contributed by atoms with van der Waals surface area (Å²) in [5.41, 5.74) is 0.342. The number of carboxylic acid groups (broad SMARTS) is 1. The predicted molar refractivity (Wildman–Crippen MR) is 68.0 cm³/mol. The summed E-state index contributed by atoms with van der Waals surface area (Å²) in [7, 11) is 0. The molecule has 0 radical (unpaired) electrons. The van der Waals surface area contributed by atoms with Crippen molar-refractivity contribution in [3.8, 4) is 0 Å². The highest BCUT2D eigenvalue weighted by atomic mass is 19.1. The van der Waals surface area contributed by atoms with Gasteiger partial charge in [0.25, 0.3) is 0 Å². The standard InChI is InChI=1S/C13H17FN2O3/c1-8(2)11(12(17)18)16-13(19)15-7-9-5-3-4-6-10(9)14/h3-6,8,11H,7H2,1-2H3,(H,17,18)(H2,15,16,19). The third kappa shape index (κ3) is 4.57. The maximum atomic E-state index is 13.3. The van der Waals surface area contributed by atoms with Crippen LogP contribution in [0.25, 0.3) is 0 Å². The molecule has 5 nitrogen and oxygen atoms in total. The van der Waals surface area contributed by atoms with Crippen molar-refractivity contribution >= 4 is 12.0 Å². The van der Waals surface area contributed by atoms with Gasteiger partial charge in [0.2, 0.25) is 0 Å². The molecular weight excluding hydrogens is 251 g/mol. The van der Waals surface area contributed by atoms with Crippen molar-refractivity contribution in [1.29, 1.82) is 0 Å². The molecule has 1 unspecified atom stereocenters. The number of aliphatic carboxylic acids is 1. The Morgan fingerprint density at radius 2 is 1.95 bits per heavy atom. The normalized spacial score (nSPS) is 12.0. The SMILES string of the molecule is CC(C)C(NC(=O)NCc1ccccc1F)C(=O)O. The molecule has 19 heavy (non-hydrogen) atoms. The van der Waals surface area contributed by atoms with Crippen LogP contribution in [0.5, 0.6) is 0 Å². The average Bonchev–Trinajstić information content (AvgIpc) is 2.34. The Hall–Kier alpha value is -2.11.